The molecule has 1 fully saturated rings. The Hall–Kier alpha value is -2.12. The van der Waals surface area contributed by atoms with Crippen LogP contribution in [0.2, 0.25) is 0 Å². The van der Waals surface area contributed by atoms with Gasteiger partial charge in [0.15, 0.2) is 0 Å². The highest BCUT2D eigenvalue weighted by atomic mass is 16.5. The standard InChI is InChI=1S/C27H43NO6/c1-6-27(4,5)26(33)28-24(19-10-8-7-9-11-19)22-13-17(2)12-18(3)25(22)34-16-21(30)14-20(29)15-23(31)32/h12-13,19-21,24,29-30H,6-11,14-16H2,1-5H3,(H,28,33)(H,31,32)/t20-,21?,24-/m1/s1. The fraction of sp³-hybridized carbons (Fsp3) is 0.704. The van der Waals surface area contributed by atoms with Gasteiger partial charge in [-0.1, -0.05) is 57.7 Å². The number of ether oxygens (including phenoxy) is 1. The van der Waals surface area contributed by atoms with Gasteiger partial charge in [0.1, 0.15) is 12.4 Å². The normalized spacial score (nSPS) is 17.6. The number of aliphatic carboxylic acids is 1. The summed E-state index contributed by atoms with van der Waals surface area (Å²) in [5, 5.41) is 32.4. The molecule has 0 heterocycles. The predicted molar refractivity (Wildman–Crippen MR) is 132 cm³/mol. The molecule has 0 aromatic heterocycles. The fourth-order valence-corrected chi connectivity index (χ4v) is 4.68. The van der Waals surface area contributed by atoms with Gasteiger partial charge in [-0.15, -0.1) is 0 Å². The lowest BCUT2D eigenvalue weighted by molar-refractivity contribution is -0.139. The molecule has 1 saturated carbocycles. The van der Waals surface area contributed by atoms with Gasteiger partial charge in [-0.25, -0.2) is 0 Å². The lowest BCUT2D eigenvalue weighted by Gasteiger charge is -2.35. The monoisotopic (exact) mass is 477 g/mol. The second-order valence-corrected chi connectivity index (χ2v) is 10.5. The molecule has 1 unspecified atom stereocenters. The number of aliphatic hydroxyl groups excluding tert-OH is 2. The predicted octanol–water partition coefficient (Wildman–Crippen LogP) is 4.44. The van der Waals surface area contributed by atoms with E-state index in [2.05, 4.69) is 11.4 Å². The molecular formula is C27H43NO6. The average Bonchev–Trinajstić information content (AvgIpc) is 2.76. The van der Waals surface area contributed by atoms with Gasteiger partial charge in [-0.05, 0) is 44.6 Å². The third kappa shape index (κ3) is 7.98. The van der Waals surface area contributed by atoms with Gasteiger partial charge in [-0.2, -0.15) is 0 Å². The minimum atomic E-state index is -1.14. The topological polar surface area (TPSA) is 116 Å². The van der Waals surface area contributed by atoms with E-state index in [1.165, 1.54) is 6.42 Å². The number of nitrogens with one attached hydrogen (secondary N) is 1. The van der Waals surface area contributed by atoms with E-state index in [4.69, 9.17) is 9.84 Å². The Balaban J connectivity index is 2.32. The molecule has 1 aliphatic rings. The maximum absolute atomic E-state index is 13.2. The summed E-state index contributed by atoms with van der Waals surface area (Å²) in [7, 11) is 0. The third-order valence-electron chi connectivity index (χ3n) is 7.06. The van der Waals surface area contributed by atoms with Crippen LogP contribution >= 0.6 is 0 Å². The van der Waals surface area contributed by atoms with Crippen molar-refractivity contribution in [3.05, 3.63) is 28.8 Å². The highest BCUT2D eigenvalue weighted by Crippen LogP contribution is 2.40. The van der Waals surface area contributed by atoms with Gasteiger partial charge in [0, 0.05) is 17.4 Å². The second kappa shape index (κ2) is 12.5. The van der Waals surface area contributed by atoms with Crippen LogP contribution < -0.4 is 10.1 Å². The van der Waals surface area contributed by atoms with E-state index in [1.807, 2.05) is 40.7 Å². The molecule has 0 bridgehead atoms. The van der Waals surface area contributed by atoms with Crippen LogP contribution in [0.4, 0.5) is 0 Å². The quantitative estimate of drug-likeness (QED) is 0.354. The highest BCUT2D eigenvalue weighted by Gasteiger charge is 2.34. The van der Waals surface area contributed by atoms with Crippen LogP contribution in [0.3, 0.4) is 0 Å². The van der Waals surface area contributed by atoms with Gasteiger partial charge in [0.05, 0.1) is 24.7 Å². The lowest BCUT2D eigenvalue weighted by Crippen LogP contribution is -2.42. The number of carbonyl (C=O) groups excluding carboxylic acids is 1. The summed E-state index contributed by atoms with van der Waals surface area (Å²) in [4.78, 5) is 24.0. The summed E-state index contributed by atoms with van der Waals surface area (Å²) in [6, 6.07) is 3.88. The van der Waals surface area contributed by atoms with Crippen LogP contribution in [-0.2, 0) is 9.59 Å². The van der Waals surface area contributed by atoms with Crippen LogP contribution in [0, 0.1) is 25.2 Å². The number of amides is 1. The Morgan fingerprint density at radius 2 is 1.76 bits per heavy atom. The van der Waals surface area contributed by atoms with Gasteiger partial charge >= 0.3 is 5.97 Å². The zero-order chi connectivity index (χ0) is 25.5. The van der Waals surface area contributed by atoms with Crippen LogP contribution in [0.5, 0.6) is 5.75 Å². The molecule has 34 heavy (non-hydrogen) atoms. The molecule has 1 aromatic carbocycles. The molecule has 0 aliphatic heterocycles. The molecule has 4 N–H and O–H groups in total. The summed E-state index contributed by atoms with van der Waals surface area (Å²) in [6.45, 7) is 9.83. The number of carboxylic acid groups (broad SMARTS) is 1. The first kappa shape index (κ1) is 28.1. The van der Waals surface area contributed by atoms with E-state index in [9.17, 15) is 19.8 Å². The van der Waals surface area contributed by atoms with E-state index >= 15 is 0 Å². The average molecular weight is 478 g/mol. The number of benzene rings is 1. The molecule has 0 saturated heterocycles. The number of carboxylic acids is 1. The van der Waals surface area contributed by atoms with Crippen molar-refractivity contribution < 1.29 is 29.6 Å². The molecular weight excluding hydrogens is 434 g/mol. The van der Waals surface area contributed by atoms with Crippen molar-refractivity contribution in [2.45, 2.75) is 104 Å². The Labute approximate surface area is 203 Å². The molecule has 7 heteroatoms. The number of aryl methyl sites for hydroxylation is 2. The molecule has 192 valence electrons. The molecule has 3 atom stereocenters. The SMILES string of the molecule is CCC(C)(C)C(=O)N[C@@H](c1cc(C)cc(C)c1OCC(O)C[C@@H](O)CC(=O)O)C1CCCCC1. The summed E-state index contributed by atoms with van der Waals surface area (Å²) in [6.07, 6.45) is 3.63. The summed E-state index contributed by atoms with van der Waals surface area (Å²) in [5.41, 5.74) is 2.42. The molecule has 2 rings (SSSR count). The highest BCUT2D eigenvalue weighted by molar-refractivity contribution is 5.82. The van der Waals surface area contributed by atoms with Crippen molar-refractivity contribution >= 4 is 11.9 Å². The van der Waals surface area contributed by atoms with Gasteiger partial charge in [-0.3, -0.25) is 9.59 Å². The molecule has 7 nitrogen and oxygen atoms in total. The number of rotatable bonds is 12. The van der Waals surface area contributed by atoms with Crippen LogP contribution in [0.25, 0.3) is 0 Å². The van der Waals surface area contributed by atoms with Crippen molar-refractivity contribution in [2.24, 2.45) is 11.3 Å². The van der Waals surface area contributed by atoms with E-state index in [-0.39, 0.29) is 25.0 Å². The Kier molecular flexibility index (Phi) is 10.4. The van der Waals surface area contributed by atoms with E-state index in [0.717, 1.165) is 48.8 Å². The minimum Gasteiger partial charge on any atom is -0.490 e. The van der Waals surface area contributed by atoms with Crippen LogP contribution in [-0.4, -0.2) is 46.0 Å². The van der Waals surface area contributed by atoms with E-state index < -0.39 is 30.0 Å². The maximum atomic E-state index is 13.2. The van der Waals surface area contributed by atoms with Gasteiger partial charge in [0.25, 0.3) is 0 Å². The molecule has 1 amide bonds. The summed E-state index contributed by atoms with van der Waals surface area (Å²) in [5.74, 6) is -0.148. The lowest BCUT2D eigenvalue weighted by atomic mass is 9.79. The number of hydrogen-bond acceptors (Lipinski definition) is 5. The van der Waals surface area contributed by atoms with Crippen molar-refractivity contribution in [2.75, 3.05) is 6.61 Å². The van der Waals surface area contributed by atoms with E-state index in [0.29, 0.717) is 11.7 Å². The van der Waals surface area contributed by atoms with Crippen LogP contribution in [0.15, 0.2) is 12.1 Å². The van der Waals surface area contributed by atoms with Crippen molar-refractivity contribution in [3.8, 4) is 5.75 Å². The summed E-state index contributed by atoms with van der Waals surface area (Å²) < 4.78 is 6.10. The smallest absolute Gasteiger partial charge is 0.305 e. The fourth-order valence-electron chi connectivity index (χ4n) is 4.68. The largest absolute Gasteiger partial charge is 0.490 e. The minimum absolute atomic E-state index is 0.0208. The third-order valence-corrected chi connectivity index (χ3v) is 7.06. The maximum Gasteiger partial charge on any atom is 0.305 e. The Bertz CT molecular complexity index is 831. The first-order valence-corrected chi connectivity index (χ1v) is 12.6. The summed E-state index contributed by atoms with van der Waals surface area (Å²) >= 11 is 0. The number of hydrogen-bond donors (Lipinski definition) is 4. The van der Waals surface area contributed by atoms with Gasteiger partial charge in [0.2, 0.25) is 5.91 Å². The number of carbonyl (C=O) groups is 2. The zero-order valence-corrected chi connectivity index (χ0v) is 21.4. The Morgan fingerprint density at radius 1 is 1.12 bits per heavy atom. The molecule has 0 radical (unpaired) electrons. The first-order chi connectivity index (χ1) is 15.9. The van der Waals surface area contributed by atoms with Crippen molar-refractivity contribution in [1.29, 1.82) is 0 Å². The van der Waals surface area contributed by atoms with Gasteiger partial charge < -0.3 is 25.4 Å². The zero-order valence-electron chi connectivity index (χ0n) is 21.4. The Morgan fingerprint density at radius 3 is 2.35 bits per heavy atom. The molecule has 1 aromatic rings. The second-order valence-electron chi connectivity index (χ2n) is 10.5. The van der Waals surface area contributed by atoms with Crippen LogP contribution in [0.1, 0.15) is 94.9 Å². The van der Waals surface area contributed by atoms with E-state index in [1.54, 1.807) is 0 Å². The first-order valence-electron chi connectivity index (χ1n) is 12.6. The van der Waals surface area contributed by atoms with Crippen molar-refractivity contribution in [3.63, 3.8) is 0 Å². The molecule has 0 spiro atoms. The molecule has 1 aliphatic carbocycles. The number of aliphatic hydroxyl groups is 2. The van der Waals surface area contributed by atoms with Crippen molar-refractivity contribution in [1.82, 2.24) is 5.32 Å².